The third-order valence-corrected chi connectivity index (χ3v) is 6.69. The number of hydrogen-bond donors (Lipinski definition) is 0. The van der Waals surface area contributed by atoms with Crippen molar-refractivity contribution in [1.29, 1.82) is 0 Å². The molecule has 0 bridgehead atoms. The molecule has 2 heteroatoms. The maximum Gasteiger partial charge on any atom is 0.157 e. The minimum Gasteiger partial charge on any atom is -0.353 e. The van der Waals surface area contributed by atoms with E-state index in [0.29, 0.717) is 0 Å². The van der Waals surface area contributed by atoms with Crippen molar-refractivity contribution in [3.63, 3.8) is 0 Å². The first-order valence-electron chi connectivity index (χ1n) is 13.1. The first kappa shape index (κ1) is 24.3. The number of rotatable bonds is 15. The summed E-state index contributed by atoms with van der Waals surface area (Å²) in [5, 5.41) is 2.97. The van der Waals surface area contributed by atoms with Crippen LogP contribution in [-0.4, -0.2) is 19.5 Å². The molecular weight excluding hydrogens is 380 g/mol. The Morgan fingerprint density at radius 3 is 1.97 bits per heavy atom. The highest BCUT2D eigenvalue weighted by molar-refractivity contribution is 5.88. The number of unbranched alkanes of at least 4 members (excludes halogenated alkanes) is 8. The van der Waals surface area contributed by atoms with Gasteiger partial charge in [0.05, 0.1) is 0 Å². The van der Waals surface area contributed by atoms with Gasteiger partial charge in [-0.15, -0.1) is 0 Å². The van der Waals surface area contributed by atoms with Crippen molar-refractivity contribution >= 4 is 10.8 Å². The summed E-state index contributed by atoms with van der Waals surface area (Å²) in [6, 6.07) is 13.8. The molecule has 2 aromatic carbocycles. The van der Waals surface area contributed by atoms with E-state index in [4.69, 9.17) is 9.47 Å². The monoisotopic (exact) mass is 424 g/mol. The summed E-state index contributed by atoms with van der Waals surface area (Å²) in [4.78, 5) is 0. The predicted octanol–water partition coefficient (Wildman–Crippen LogP) is 8.39. The average molecular weight is 425 g/mol. The van der Waals surface area contributed by atoms with Crippen LogP contribution in [0.15, 0.2) is 36.4 Å². The van der Waals surface area contributed by atoms with Gasteiger partial charge in [0, 0.05) is 13.2 Å². The topological polar surface area (TPSA) is 18.5 Å². The van der Waals surface area contributed by atoms with Crippen LogP contribution in [0, 0.1) is 0 Å². The minimum absolute atomic E-state index is 0.0789. The maximum absolute atomic E-state index is 5.83. The molecule has 0 amide bonds. The first-order chi connectivity index (χ1) is 15.4. The average Bonchev–Trinajstić information content (AvgIpc) is 2.82. The highest BCUT2D eigenvalue weighted by Crippen LogP contribution is 2.26. The van der Waals surface area contributed by atoms with Gasteiger partial charge in [-0.1, -0.05) is 88.3 Å². The molecule has 0 spiro atoms. The molecule has 1 aliphatic rings. The van der Waals surface area contributed by atoms with Gasteiger partial charge in [-0.3, -0.25) is 0 Å². The molecule has 1 atom stereocenters. The van der Waals surface area contributed by atoms with E-state index >= 15 is 0 Å². The van der Waals surface area contributed by atoms with Crippen LogP contribution in [-0.2, 0) is 22.3 Å². The summed E-state index contributed by atoms with van der Waals surface area (Å²) >= 11 is 0. The van der Waals surface area contributed by atoms with Gasteiger partial charge >= 0.3 is 0 Å². The fraction of sp³-hybridized carbons (Fsp3) is 0.655. The van der Waals surface area contributed by atoms with Crippen molar-refractivity contribution in [2.24, 2.45) is 0 Å². The lowest BCUT2D eigenvalue weighted by atomic mass is 9.93. The van der Waals surface area contributed by atoms with Crippen LogP contribution in [0.2, 0.25) is 0 Å². The largest absolute Gasteiger partial charge is 0.353 e. The van der Waals surface area contributed by atoms with Gasteiger partial charge in [0.2, 0.25) is 0 Å². The van der Waals surface area contributed by atoms with Gasteiger partial charge in [0.15, 0.2) is 6.29 Å². The second kappa shape index (κ2) is 14.6. The van der Waals surface area contributed by atoms with E-state index in [1.807, 2.05) is 0 Å². The van der Waals surface area contributed by atoms with Crippen molar-refractivity contribution < 1.29 is 9.47 Å². The zero-order valence-electron chi connectivity index (χ0n) is 19.9. The standard InChI is InChI=1S/C29H44O2/c1-2-3-9-16-25-21-22-26(28-19-12-11-18-27(25)28)17-10-7-5-4-6-8-14-23-30-29-20-13-15-24-31-29/h11-12,18-19,21-22,29H,2-10,13-17,20,23-24H2,1H3. The van der Waals surface area contributed by atoms with Crippen LogP contribution in [0.25, 0.3) is 10.8 Å². The van der Waals surface area contributed by atoms with Gasteiger partial charge < -0.3 is 9.47 Å². The molecule has 0 aliphatic carbocycles. The lowest BCUT2D eigenvalue weighted by Gasteiger charge is -2.22. The summed E-state index contributed by atoms with van der Waals surface area (Å²) in [5.74, 6) is 0. The van der Waals surface area contributed by atoms with Crippen molar-refractivity contribution in [3.8, 4) is 0 Å². The van der Waals surface area contributed by atoms with Crippen molar-refractivity contribution in [2.75, 3.05) is 13.2 Å². The van der Waals surface area contributed by atoms with E-state index in [1.54, 1.807) is 0 Å². The summed E-state index contributed by atoms with van der Waals surface area (Å²) in [6.07, 6.45) is 19.1. The molecule has 2 nitrogen and oxygen atoms in total. The lowest BCUT2D eigenvalue weighted by molar-refractivity contribution is -0.162. The Labute approximate surface area is 190 Å². The van der Waals surface area contributed by atoms with Gasteiger partial charge in [-0.05, 0) is 73.3 Å². The highest BCUT2D eigenvalue weighted by Gasteiger charge is 2.13. The molecule has 0 N–H and O–H groups in total. The van der Waals surface area contributed by atoms with Gasteiger partial charge in [-0.25, -0.2) is 0 Å². The Kier molecular flexibility index (Phi) is 11.5. The van der Waals surface area contributed by atoms with Crippen LogP contribution >= 0.6 is 0 Å². The molecule has 1 fully saturated rings. The van der Waals surface area contributed by atoms with Crippen molar-refractivity contribution in [3.05, 3.63) is 47.5 Å². The molecule has 0 saturated carbocycles. The summed E-state index contributed by atoms with van der Waals surface area (Å²) < 4.78 is 11.4. The molecule has 1 unspecified atom stereocenters. The SMILES string of the molecule is CCCCCc1ccc(CCCCCCCCCOC2CCCCO2)c2ccccc12. The Balaban J connectivity index is 1.28. The Morgan fingerprint density at radius 1 is 0.742 bits per heavy atom. The highest BCUT2D eigenvalue weighted by atomic mass is 16.7. The Bertz CT molecular complexity index is 733. The fourth-order valence-electron chi connectivity index (χ4n) is 4.78. The summed E-state index contributed by atoms with van der Waals surface area (Å²) in [6.45, 7) is 4.03. The van der Waals surface area contributed by atoms with E-state index in [2.05, 4.69) is 43.3 Å². The first-order valence-corrected chi connectivity index (χ1v) is 13.1. The smallest absolute Gasteiger partial charge is 0.157 e. The van der Waals surface area contributed by atoms with E-state index < -0.39 is 0 Å². The summed E-state index contributed by atoms with van der Waals surface area (Å²) in [7, 11) is 0. The van der Waals surface area contributed by atoms with Gasteiger partial charge in [-0.2, -0.15) is 0 Å². The third kappa shape index (κ3) is 8.58. The van der Waals surface area contributed by atoms with Crippen molar-refractivity contribution in [2.45, 2.75) is 110 Å². The molecule has 1 aliphatic heterocycles. The quantitative estimate of drug-likeness (QED) is 0.267. The number of hydrogen-bond acceptors (Lipinski definition) is 2. The molecule has 31 heavy (non-hydrogen) atoms. The van der Waals surface area contributed by atoms with E-state index in [1.165, 1.54) is 112 Å². The molecule has 3 rings (SSSR count). The number of ether oxygens (including phenoxy) is 2. The Morgan fingerprint density at radius 2 is 1.35 bits per heavy atom. The number of fused-ring (bicyclic) bond motifs is 1. The molecule has 0 aromatic heterocycles. The van der Waals surface area contributed by atoms with Crippen molar-refractivity contribution in [1.82, 2.24) is 0 Å². The number of aryl methyl sites for hydroxylation is 2. The van der Waals surface area contributed by atoms with E-state index in [9.17, 15) is 0 Å². The lowest BCUT2D eigenvalue weighted by Crippen LogP contribution is -2.22. The molecule has 2 aromatic rings. The zero-order valence-corrected chi connectivity index (χ0v) is 19.9. The van der Waals surface area contributed by atoms with E-state index in [-0.39, 0.29) is 6.29 Å². The second-order valence-corrected chi connectivity index (χ2v) is 9.28. The molecule has 0 radical (unpaired) electrons. The zero-order chi connectivity index (χ0) is 21.6. The van der Waals surface area contributed by atoms with Crippen LogP contribution in [0.5, 0.6) is 0 Å². The molecular formula is C29H44O2. The third-order valence-electron chi connectivity index (χ3n) is 6.69. The second-order valence-electron chi connectivity index (χ2n) is 9.28. The predicted molar refractivity (Wildman–Crippen MR) is 133 cm³/mol. The van der Waals surface area contributed by atoms with Crippen LogP contribution in [0.3, 0.4) is 0 Å². The normalized spacial score (nSPS) is 16.7. The van der Waals surface area contributed by atoms with Gasteiger partial charge in [0.1, 0.15) is 0 Å². The molecule has 172 valence electrons. The van der Waals surface area contributed by atoms with Crippen LogP contribution in [0.1, 0.15) is 102 Å². The summed E-state index contributed by atoms with van der Waals surface area (Å²) in [5.41, 5.74) is 3.07. The maximum atomic E-state index is 5.83. The fourth-order valence-corrected chi connectivity index (χ4v) is 4.78. The minimum atomic E-state index is 0.0789. The van der Waals surface area contributed by atoms with Crippen LogP contribution < -0.4 is 0 Å². The van der Waals surface area contributed by atoms with Gasteiger partial charge in [0.25, 0.3) is 0 Å². The number of benzene rings is 2. The molecule has 1 heterocycles. The molecule has 1 saturated heterocycles. The Hall–Kier alpha value is -1.38. The van der Waals surface area contributed by atoms with E-state index in [0.717, 1.165) is 19.6 Å². The van der Waals surface area contributed by atoms with Crippen LogP contribution in [0.4, 0.5) is 0 Å².